The van der Waals surface area contributed by atoms with Crippen LogP contribution in [-0.2, 0) is 4.74 Å². The van der Waals surface area contributed by atoms with Crippen molar-refractivity contribution in [2.75, 3.05) is 7.11 Å². The monoisotopic (exact) mass is 287 g/mol. The van der Waals surface area contributed by atoms with E-state index in [4.69, 9.17) is 27.9 Å². The van der Waals surface area contributed by atoms with E-state index < -0.39 is 0 Å². The number of nitrogens with one attached hydrogen (secondary N) is 1. The van der Waals surface area contributed by atoms with E-state index in [1.54, 1.807) is 13.2 Å². The molecule has 0 bridgehead atoms. The predicted molar refractivity (Wildman–Crippen MR) is 76.4 cm³/mol. The second-order valence-corrected chi connectivity index (χ2v) is 5.77. The summed E-state index contributed by atoms with van der Waals surface area (Å²) in [6.45, 7) is 2.13. The van der Waals surface area contributed by atoms with Crippen molar-refractivity contribution in [3.05, 3.63) is 33.8 Å². The maximum Gasteiger partial charge on any atom is 0.0586 e. The fraction of sp³-hybridized carbons (Fsp3) is 0.571. The van der Waals surface area contributed by atoms with Crippen molar-refractivity contribution >= 4 is 23.2 Å². The van der Waals surface area contributed by atoms with Crippen LogP contribution in [0.3, 0.4) is 0 Å². The molecule has 0 saturated heterocycles. The smallest absolute Gasteiger partial charge is 0.0586 e. The average molecular weight is 288 g/mol. The Morgan fingerprint density at radius 1 is 1.33 bits per heavy atom. The van der Waals surface area contributed by atoms with Gasteiger partial charge in [0, 0.05) is 29.2 Å². The van der Waals surface area contributed by atoms with Crippen molar-refractivity contribution in [3.63, 3.8) is 0 Å². The van der Waals surface area contributed by atoms with Crippen molar-refractivity contribution in [1.29, 1.82) is 0 Å². The second-order valence-electron chi connectivity index (χ2n) is 4.92. The first-order chi connectivity index (χ1) is 8.60. The van der Waals surface area contributed by atoms with Crippen molar-refractivity contribution < 1.29 is 4.74 Å². The van der Waals surface area contributed by atoms with Gasteiger partial charge in [0.25, 0.3) is 0 Å². The zero-order valence-corrected chi connectivity index (χ0v) is 12.3. The zero-order valence-electron chi connectivity index (χ0n) is 10.7. The van der Waals surface area contributed by atoms with Crippen molar-refractivity contribution in [1.82, 2.24) is 5.32 Å². The molecule has 2 rings (SSSR count). The van der Waals surface area contributed by atoms with Crippen LogP contribution < -0.4 is 5.32 Å². The van der Waals surface area contributed by atoms with Gasteiger partial charge < -0.3 is 10.1 Å². The van der Waals surface area contributed by atoms with Gasteiger partial charge in [-0.1, -0.05) is 29.3 Å². The molecular weight excluding hydrogens is 269 g/mol. The van der Waals surface area contributed by atoms with E-state index in [0.29, 0.717) is 17.2 Å². The van der Waals surface area contributed by atoms with E-state index in [1.807, 2.05) is 12.1 Å². The van der Waals surface area contributed by atoms with Crippen LogP contribution in [0.2, 0.25) is 10.0 Å². The van der Waals surface area contributed by atoms with Gasteiger partial charge in [-0.05, 0) is 43.9 Å². The number of benzene rings is 1. The van der Waals surface area contributed by atoms with E-state index in [1.165, 1.54) is 0 Å². The summed E-state index contributed by atoms with van der Waals surface area (Å²) in [6, 6.07) is 6.41. The normalized spacial score (nSPS) is 25.3. The highest BCUT2D eigenvalue weighted by Gasteiger charge is 2.25. The largest absolute Gasteiger partial charge is 0.381 e. The number of halogens is 2. The zero-order chi connectivity index (χ0) is 13.1. The highest BCUT2D eigenvalue weighted by atomic mass is 35.5. The molecule has 0 aromatic heterocycles. The van der Waals surface area contributed by atoms with Crippen LogP contribution in [0.5, 0.6) is 0 Å². The number of ether oxygens (including phenoxy) is 1. The average Bonchev–Trinajstić information content (AvgIpc) is 2.76. The van der Waals surface area contributed by atoms with E-state index in [-0.39, 0.29) is 6.04 Å². The molecule has 0 aliphatic heterocycles. The first kappa shape index (κ1) is 14.1. The summed E-state index contributed by atoms with van der Waals surface area (Å²) in [6.07, 6.45) is 3.77. The highest BCUT2D eigenvalue weighted by Crippen LogP contribution is 2.29. The number of hydrogen-bond acceptors (Lipinski definition) is 2. The van der Waals surface area contributed by atoms with Crippen molar-refractivity contribution in [3.8, 4) is 0 Å². The van der Waals surface area contributed by atoms with Gasteiger partial charge in [-0.3, -0.25) is 0 Å². The molecule has 2 nitrogen and oxygen atoms in total. The molecular formula is C14H19Cl2NO. The maximum absolute atomic E-state index is 6.22. The van der Waals surface area contributed by atoms with Crippen LogP contribution in [0.1, 0.15) is 37.8 Å². The first-order valence-corrected chi connectivity index (χ1v) is 7.09. The third-order valence-electron chi connectivity index (χ3n) is 3.63. The van der Waals surface area contributed by atoms with E-state index in [2.05, 4.69) is 12.2 Å². The summed E-state index contributed by atoms with van der Waals surface area (Å²) in [5.74, 6) is 0. The summed E-state index contributed by atoms with van der Waals surface area (Å²) in [7, 11) is 1.78. The molecule has 3 atom stereocenters. The first-order valence-electron chi connectivity index (χ1n) is 6.34. The molecule has 0 spiro atoms. The van der Waals surface area contributed by atoms with Gasteiger partial charge in [-0.25, -0.2) is 0 Å². The summed E-state index contributed by atoms with van der Waals surface area (Å²) in [5.41, 5.74) is 1.10. The summed E-state index contributed by atoms with van der Waals surface area (Å²) >= 11 is 12.1. The van der Waals surface area contributed by atoms with E-state index >= 15 is 0 Å². The van der Waals surface area contributed by atoms with Gasteiger partial charge in [0.2, 0.25) is 0 Å². The van der Waals surface area contributed by atoms with Gasteiger partial charge in [-0.15, -0.1) is 0 Å². The Kier molecular flexibility index (Phi) is 4.91. The Labute approximate surface area is 119 Å². The van der Waals surface area contributed by atoms with Crippen LogP contribution >= 0.6 is 23.2 Å². The molecule has 18 heavy (non-hydrogen) atoms. The Hall–Kier alpha value is -0.280. The molecule has 1 aromatic carbocycles. The Morgan fingerprint density at radius 3 is 2.72 bits per heavy atom. The molecule has 1 saturated carbocycles. The lowest BCUT2D eigenvalue weighted by atomic mass is 10.1. The van der Waals surface area contributed by atoms with Gasteiger partial charge in [0.15, 0.2) is 0 Å². The van der Waals surface area contributed by atoms with Gasteiger partial charge in [0.05, 0.1) is 6.10 Å². The molecule has 1 aliphatic carbocycles. The molecule has 4 heteroatoms. The number of methoxy groups -OCH3 is 1. The second kappa shape index (κ2) is 6.25. The Balaban J connectivity index is 1.97. The van der Waals surface area contributed by atoms with Gasteiger partial charge >= 0.3 is 0 Å². The summed E-state index contributed by atoms with van der Waals surface area (Å²) in [4.78, 5) is 0. The highest BCUT2D eigenvalue weighted by molar-refractivity contribution is 6.35. The number of hydrogen-bond donors (Lipinski definition) is 1. The minimum absolute atomic E-state index is 0.232. The summed E-state index contributed by atoms with van der Waals surface area (Å²) in [5, 5.41) is 5.01. The SMILES string of the molecule is COC1CCC(NC(C)c2ccc(Cl)cc2Cl)C1. The third-order valence-corrected chi connectivity index (χ3v) is 4.19. The minimum atomic E-state index is 0.232. The quantitative estimate of drug-likeness (QED) is 0.896. The van der Waals surface area contributed by atoms with E-state index in [9.17, 15) is 0 Å². The lowest BCUT2D eigenvalue weighted by molar-refractivity contribution is 0.106. The molecule has 1 fully saturated rings. The van der Waals surface area contributed by atoms with Crippen molar-refractivity contribution in [2.45, 2.75) is 44.4 Å². The Morgan fingerprint density at radius 2 is 2.11 bits per heavy atom. The lowest BCUT2D eigenvalue weighted by Crippen LogP contribution is -2.30. The molecule has 100 valence electrons. The Bertz CT molecular complexity index is 411. The molecule has 3 unspecified atom stereocenters. The fourth-order valence-corrected chi connectivity index (χ4v) is 3.17. The standard InChI is InChI=1S/C14H19Cl2NO/c1-9(13-6-3-10(15)7-14(13)16)17-11-4-5-12(8-11)18-2/h3,6-7,9,11-12,17H,4-5,8H2,1-2H3. The molecule has 1 aromatic rings. The van der Waals surface area contributed by atoms with Crippen LogP contribution in [0, 0.1) is 0 Å². The van der Waals surface area contributed by atoms with Crippen LogP contribution in [0.25, 0.3) is 0 Å². The minimum Gasteiger partial charge on any atom is -0.381 e. The maximum atomic E-state index is 6.22. The van der Waals surface area contributed by atoms with Gasteiger partial charge in [-0.2, -0.15) is 0 Å². The fourth-order valence-electron chi connectivity index (χ4n) is 2.60. The number of rotatable bonds is 4. The molecule has 1 aliphatic rings. The van der Waals surface area contributed by atoms with Crippen LogP contribution in [-0.4, -0.2) is 19.3 Å². The van der Waals surface area contributed by atoms with Gasteiger partial charge in [0.1, 0.15) is 0 Å². The molecule has 0 amide bonds. The van der Waals surface area contributed by atoms with Crippen LogP contribution in [0.15, 0.2) is 18.2 Å². The summed E-state index contributed by atoms with van der Waals surface area (Å²) < 4.78 is 5.38. The molecule has 0 radical (unpaired) electrons. The lowest BCUT2D eigenvalue weighted by Gasteiger charge is -2.21. The topological polar surface area (TPSA) is 21.3 Å². The van der Waals surface area contributed by atoms with Crippen LogP contribution in [0.4, 0.5) is 0 Å². The third kappa shape index (κ3) is 3.39. The van der Waals surface area contributed by atoms with E-state index in [0.717, 1.165) is 29.8 Å². The predicted octanol–water partition coefficient (Wildman–Crippen LogP) is 4.21. The molecule has 0 heterocycles. The molecule has 1 N–H and O–H groups in total. The van der Waals surface area contributed by atoms with Crippen molar-refractivity contribution in [2.24, 2.45) is 0 Å².